The third-order valence-corrected chi connectivity index (χ3v) is 7.07. The monoisotopic (exact) mass is 564 g/mol. The molecule has 0 saturated carbocycles. The molecule has 4 rings (SSSR count). The SMILES string of the molecule is CC.COC(=O)c1cc(C(F)(F)F)cnc1Nc1nc(CCC(C)C)c(-c2ccc(N3CCOCC3)cc2)s1. The van der Waals surface area contributed by atoms with Crippen LogP contribution in [0, 0.1) is 5.92 Å². The van der Waals surface area contributed by atoms with Crippen LogP contribution in [0.3, 0.4) is 0 Å². The summed E-state index contributed by atoms with van der Waals surface area (Å²) in [5.41, 5.74) is 1.65. The molecule has 2 aromatic heterocycles. The number of esters is 1. The number of rotatable bonds is 8. The average molecular weight is 565 g/mol. The molecule has 1 aliphatic heterocycles. The fraction of sp³-hybridized carbons (Fsp3) is 0.464. The van der Waals surface area contributed by atoms with Gasteiger partial charge in [-0.25, -0.2) is 14.8 Å². The summed E-state index contributed by atoms with van der Waals surface area (Å²) in [5.74, 6) is -0.494. The molecule has 1 fully saturated rings. The first-order valence-electron chi connectivity index (χ1n) is 13.0. The highest BCUT2D eigenvalue weighted by atomic mass is 32.1. The standard InChI is InChI=1S/C26H29F3N4O3S.C2H6/c1-16(2)4-9-21-22(17-5-7-19(8-6-17)33-10-12-36-13-11-33)37-25(31-21)32-23-20(24(34)35-3)14-18(15-30-23)26(27,28)29;1-2/h5-8,14-16H,4,9-13H2,1-3H3,(H,30,31,32);1-2H3. The Balaban J connectivity index is 0.00000205. The molecule has 3 aromatic rings. The van der Waals surface area contributed by atoms with Crippen LogP contribution in [0.2, 0.25) is 0 Å². The number of anilines is 3. The van der Waals surface area contributed by atoms with Gasteiger partial charge in [-0.1, -0.05) is 51.2 Å². The van der Waals surface area contributed by atoms with Crippen molar-refractivity contribution in [3.8, 4) is 10.4 Å². The van der Waals surface area contributed by atoms with Gasteiger partial charge in [0.1, 0.15) is 11.4 Å². The Kier molecular flexibility index (Phi) is 10.7. The predicted molar refractivity (Wildman–Crippen MR) is 149 cm³/mol. The number of aromatic nitrogens is 2. The summed E-state index contributed by atoms with van der Waals surface area (Å²) in [6.07, 6.45) is -2.29. The summed E-state index contributed by atoms with van der Waals surface area (Å²) in [5, 5.41) is 3.39. The second-order valence-electron chi connectivity index (χ2n) is 9.11. The van der Waals surface area contributed by atoms with E-state index in [1.807, 2.05) is 13.8 Å². The van der Waals surface area contributed by atoms with E-state index in [1.54, 1.807) is 0 Å². The lowest BCUT2D eigenvalue weighted by atomic mass is 10.0. The number of halogens is 3. The van der Waals surface area contributed by atoms with Gasteiger partial charge in [0.05, 0.1) is 36.5 Å². The highest BCUT2D eigenvalue weighted by Gasteiger charge is 2.33. The Labute approximate surface area is 231 Å². The third-order valence-electron chi connectivity index (χ3n) is 6.01. The fourth-order valence-corrected chi connectivity index (χ4v) is 4.97. The first kappa shape index (κ1) is 30.4. The van der Waals surface area contributed by atoms with Gasteiger partial charge in [-0.15, -0.1) is 0 Å². The maximum atomic E-state index is 13.2. The minimum atomic E-state index is -4.64. The van der Waals surface area contributed by atoms with Crippen molar-refractivity contribution in [2.75, 3.05) is 43.6 Å². The molecule has 11 heteroatoms. The average Bonchev–Trinajstić information content (AvgIpc) is 3.35. The smallest absolute Gasteiger partial charge is 0.417 e. The van der Waals surface area contributed by atoms with Crippen molar-refractivity contribution in [3.05, 3.63) is 53.3 Å². The molecule has 1 N–H and O–H groups in total. The van der Waals surface area contributed by atoms with Crippen LogP contribution in [0.25, 0.3) is 10.4 Å². The normalized spacial score (nSPS) is 13.6. The Morgan fingerprint density at radius 2 is 1.85 bits per heavy atom. The molecule has 7 nitrogen and oxygen atoms in total. The molecule has 0 unspecified atom stereocenters. The molecule has 1 aromatic carbocycles. The van der Waals surface area contributed by atoms with Gasteiger partial charge in [-0.3, -0.25) is 0 Å². The van der Waals surface area contributed by atoms with Crippen LogP contribution in [0.1, 0.15) is 55.7 Å². The van der Waals surface area contributed by atoms with Crippen LogP contribution in [-0.2, 0) is 22.1 Å². The molecule has 0 atom stereocenters. The highest BCUT2D eigenvalue weighted by Crippen LogP contribution is 2.37. The number of carbonyl (C=O) groups is 1. The summed E-state index contributed by atoms with van der Waals surface area (Å²) < 4.78 is 49.7. The van der Waals surface area contributed by atoms with Crippen LogP contribution < -0.4 is 10.2 Å². The molecule has 0 aliphatic carbocycles. The maximum Gasteiger partial charge on any atom is 0.417 e. The quantitative estimate of drug-likeness (QED) is 0.290. The van der Waals surface area contributed by atoms with Crippen molar-refractivity contribution < 1.29 is 27.4 Å². The molecule has 3 heterocycles. The summed E-state index contributed by atoms with van der Waals surface area (Å²) in [6, 6.07) is 8.99. The number of nitrogens with one attached hydrogen (secondary N) is 1. The molecular formula is C28H35F3N4O3S. The van der Waals surface area contributed by atoms with E-state index in [0.717, 1.165) is 60.9 Å². The highest BCUT2D eigenvalue weighted by molar-refractivity contribution is 7.19. The zero-order valence-electron chi connectivity index (χ0n) is 22.9. The largest absolute Gasteiger partial charge is 0.465 e. The minimum absolute atomic E-state index is 0.0433. The molecule has 212 valence electrons. The lowest BCUT2D eigenvalue weighted by Crippen LogP contribution is -2.36. The molecule has 1 aliphatic rings. The van der Waals surface area contributed by atoms with Gasteiger partial charge in [0.15, 0.2) is 5.13 Å². The number of carbonyl (C=O) groups excluding carboxylic acids is 1. The number of benzene rings is 1. The number of ether oxygens (including phenoxy) is 2. The summed E-state index contributed by atoms with van der Waals surface area (Å²) >= 11 is 1.37. The zero-order valence-corrected chi connectivity index (χ0v) is 23.7. The first-order valence-corrected chi connectivity index (χ1v) is 13.8. The molecular weight excluding hydrogens is 529 g/mol. The van der Waals surface area contributed by atoms with Gasteiger partial charge in [0, 0.05) is 25.0 Å². The van der Waals surface area contributed by atoms with Crippen molar-refractivity contribution in [1.82, 2.24) is 9.97 Å². The summed E-state index contributed by atoms with van der Waals surface area (Å²) in [4.78, 5) is 24.1. The Morgan fingerprint density at radius 1 is 1.18 bits per heavy atom. The van der Waals surface area contributed by atoms with E-state index < -0.39 is 17.7 Å². The van der Waals surface area contributed by atoms with E-state index in [9.17, 15) is 18.0 Å². The van der Waals surface area contributed by atoms with Crippen molar-refractivity contribution in [2.24, 2.45) is 5.92 Å². The van der Waals surface area contributed by atoms with Crippen molar-refractivity contribution in [1.29, 1.82) is 0 Å². The van der Waals surface area contributed by atoms with Gasteiger partial charge in [0.2, 0.25) is 0 Å². The number of aryl methyl sites for hydroxylation is 1. The van der Waals surface area contributed by atoms with Gasteiger partial charge in [-0.05, 0) is 42.5 Å². The van der Waals surface area contributed by atoms with E-state index in [0.29, 0.717) is 30.5 Å². The Hall–Kier alpha value is -3.18. The van der Waals surface area contributed by atoms with E-state index in [2.05, 4.69) is 53.3 Å². The molecule has 0 bridgehead atoms. The predicted octanol–water partition coefficient (Wildman–Crippen LogP) is 7.21. The third kappa shape index (κ3) is 7.92. The number of thiazole rings is 1. The summed E-state index contributed by atoms with van der Waals surface area (Å²) in [6.45, 7) is 11.4. The number of hydrogen-bond donors (Lipinski definition) is 1. The van der Waals surface area contributed by atoms with Crippen molar-refractivity contribution in [3.63, 3.8) is 0 Å². The number of nitrogens with zero attached hydrogens (tertiary/aromatic N) is 3. The molecule has 39 heavy (non-hydrogen) atoms. The Bertz CT molecular complexity index is 1220. The van der Waals surface area contributed by atoms with Gasteiger partial charge in [-0.2, -0.15) is 13.2 Å². The lowest BCUT2D eigenvalue weighted by molar-refractivity contribution is -0.137. The molecule has 0 spiro atoms. The fourth-order valence-electron chi connectivity index (χ4n) is 3.96. The summed E-state index contributed by atoms with van der Waals surface area (Å²) in [7, 11) is 1.11. The second-order valence-corrected chi connectivity index (χ2v) is 10.1. The van der Waals surface area contributed by atoms with Crippen LogP contribution in [-0.4, -0.2) is 49.4 Å². The molecule has 0 amide bonds. The van der Waals surface area contributed by atoms with E-state index in [4.69, 9.17) is 14.5 Å². The van der Waals surface area contributed by atoms with Crippen LogP contribution in [0.15, 0.2) is 36.5 Å². The van der Waals surface area contributed by atoms with E-state index in [-0.39, 0.29) is 11.4 Å². The zero-order chi connectivity index (χ0) is 28.6. The number of morpholine rings is 1. The van der Waals surface area contributed by atoms with Gasteiger partial charge in [0.25, 0.3) is 0 Å². The Morgan fingerprint density at radius 3 is 2.44 bits per heavy atom. The number of methoxy groups -OCH3 is 1. The van der Waals surface area contributed by atoms with Crippen molar-refractivity contribution >= 4 is 33.9 Å². The molecule has 1 saturated heterocycles. The van der Waals surface area contributed by atoms with E-state index >= 15 is 0 Å². The number of hydrogen-bond acceptors (Lipinski definition) is 8. The topological polar surface area (TPSA) is 76.6 Å². The van der Waals surface area contributed by atoms with Crippen LogP contribution >= 0.6 is 11.3 Å². The second kappa shape index (κ2) is 13.7. The number of pyridine rings is 1. The lowest BCUT2D eigenvalue weighted by Gasteiger charge is -2.28. The molecule has 0 radical (unpaired) electrons. The number of alkyl halides is 3. The van der Waals surface area contributed by atoms with Crippen molar-refractivity contribution in [2.45, 2.75) is 46.7 Å². The van der Waals surface area contributed by atoms with Gasteiger partial charge < -0.3 is 19.7 Å². The van der Waals surface area contributed by atoms with Crippen LogP contribution in [0.4, 0.5) is 29.8 Å². The first-order chi connectivity index (χ1) is 18.7. The van der Waals surface area contributed by atoms with E-state index in [1.165, 1.54) is 11.3 Å². The maximum absolute atomic E-state index is 13.2. The van der Waals surface area contributed by atoms with Gasteiger partial charge >= 0.3 is 12.1 Å². The minimum Gasteiger partial charge on any atom is -0.465 e. The van der Waals surface area contributed by atoms with Crippen LogP contribution in [0.5, 0.6) is 0 Å².